The van der Waals surface area contributed by atoms with Crippen LogP contribution in [0.4, 0.5) is 0 Å². The number of rotatable bonds is 16. The normalized spacial score (nSPS) is 17.8. The van der Waals surface area contributed by atoms with Crippen LogP contribution in [-0.2, 0) is 22.6 Å². The van der Waals surface area contributed by atoms with Crippen molar-refractivity contribution < 1.29 is 43.9 Å². The lowest BCUT2D eigenvalue weighted by Crippen LogP contribution is -2.55. The van der Waals surface area contributed by atoms with E-state index in [0.717, 1.165) is 12.0 Å². The van der Waals surface area contributed by atoms with Crippen LogP contribution < -0.4 is 24.3 Å². The van der Waals surface area contributed by atoms with Gasteiger partial charge in [0.25, 0.3) is 0 Å². The fourth-order valence-corrected chi connectivity index (χ4v) is 5.95. The predicted octanol–water partition coefficient (Wildman–Crippen LogP) is 2.99. The lowest BCUT2D eigenvalue weighted by atomic mass is 9.87. The number of ether oxygens (including phenoxy) is 4. The number of aliphatic hydroxyl groups is 3. The number of nitrogens with zero attached hydrogens (tertiary/aromatic N) is 1. The standard InChI is InChI=1S/C32H43IN2O9/c1-5-6-7-29(38)35(12-10-21-16-23(41-2)8-9-26(21)42-3)25-17-22(32(40)34-11-13-36)18-27(30(25)39)44-31-24(33)14-20(19-37)15-28(31)43-4/h8-9,14-16,18,25,27,30,36-37,39H,5-7,10-13,17,19H2,1-4H3,(H,34,40). The van der Waals surface area contributed by atoms with Gasteiger partial charge in [0.05, 0.1) is 44.2 Å². The molecule has 242 valence electrons. The summed E-state index contributed by atoms with van der Waals surface area (Å²) in [5.74, 6) is 1.43. The van der Waals surface area contributed by atoms with E-state index in [4.69, 9.17) is 18.9 Å². The molecule has 0 aliphatic heterocycles. The van der Waals surface area contributed by atoms with Crippen molar-refractivity contribution in [3.05, 3.63) is 56.7 Å². The first-order valence-electron chi connectivity index (χ1n) is 14.6. The van der Waals surface area contributed by atoms with Gasteiger partial charge in [0, 0.05) is 31.5 Å². The minimum atomic E-state index is -1.19. The maximum absolute atomic E-state index is 13.7. The molecule has 2 aromatic rings. The van der Waals surface area contributed by atoms with Crippen LogP contribution in [0.15, 0.2) is 42.0 Å². The summed E-state index contributed by atoms with van der Waals surface area (Å²) in [5, 5.41) is 33.4. The highest BCUT2D eigenvalue weighted by Crippen LogP contribution is 2.37. The average Bonchev–Trinajstić information content (AvgIpc) is 3.04. The molecule has 1 aliphatic carbocycles. The van der Waals surface area contributed by atoms with Crippen LogP contribution in [0.25, 0.3) is 0 Å². The number of benzene rings is 2. The number of amides is 2. The molecular weight excluding hydrogens is 683 g/mol. The van der Waals surface area contributed by atoms with Crippen LogP contribution in [0.5, 0.6) is 23.0 Å². The second kappa shape index (κ2) is 17.4. The molecule has 0 saturated heterocycles. The van der Waals surface area contributed by atoms with Gasteiger partial charge in [-0.25, -0.2) is 0 Å². The summed E-state index contributed by atoms with van der Waals surface area (Å²) >= 11 is 2.06. The molecule has 0 heterocycles. The van der Waals surface area contributed by atoms with Crippen molar-refractivity contribution >= 4 is 34.4 Å². The van der Waals surface area contributed by atoms with Gasteiger partial charge >= 0.3 is 0 Å². The van der Waals surface area contributed by atoms with E-state index in [0.29, 0.717) is 50.5 Å². The molecule has 44 heavy (non-hydrogen) atoms. The Morgan fingerprint density at radius 2 is 1.82 bits per heavy atom. The zero-order valence-corrected chi connectivity index (χ0v) is 27.8. The number of unbranched alkanes of at least 4 members (excludes halogenated alkanes) is 1. The smallest absolute Gasteiger partial charge is 0.247 e. The zero-order chi connectivity index (χ0) is 32.2. The van der Waals surface area contributed by atoms with E-state index in [1.807, 2.05) is 13.0 Å². The quantitative estimate of drug-likeness (QED) is 0.192. The highest BCUT2D eigenvalue weighted by atomic mass is 127. The third-order valence-electron chi connectivity index (χ3n) is 7.51. The summed E-state index contributed by atoms with van der Waals surface area (Å²) in [6.07, 6.45) is 1.62. The second-order valence-electron chi connectivity index (χ2n) is 10.4. The van der Waals surface area contributed by atoms with Gasteiger partial charge in [-0.2, -0.15) is 0 Å². The number of nitrogens with one attached hydrogen (secondary N) is 1. The molecule has 0 bridgehead atoms. The average molecular weight is 727 g/mol. The van der Waals surface area contributed by atoms with Gasteiger partial charge < -0.3 is 44.5 Å². The SMILES string of the molecule is CCCCC(=O)N(CCc1cc(OC)ccc1OC)C1CC(C(=O)NCCO)=CC(Oc2c(I)cc(CO)cc2OC)C1O. The van der Waals surface area contributed by atoms with Crippen molar-refractivity contribution in [3.8, 4) is 23.0 Å². The van der Waals surface area contributed by atoms with Gasteiger partial charge in [0.15, 0.2) is 11.5 Å². The summed E-state index contributed by atoms with van der Waals surface area (Å²) in [6.45, 7) is 1.88. The largest absolute Gasteiger partial charge is 0.497 e. The predicted molar refractivity (Wildman–Crippen MR) is 173 cm³/mol. The van der Waals surface area contributed by atoms with Crippen molar-refractivity contribution in [2.45, 2.75) is 63.9 Å². The van der Waals surface area contributed by atoms with E-state index in [1.165, 1.54) is 7.11 Å². The van der Waals surface area contributed by atoms with Crippen molar-refractivity contribution in [1.29, 1.82) is 0 Å². The summed E-state index contributed by atoms with van der Waals surface area (Å²) in [4.78, 5) is 28.5. The van der Waals surface area contributed by atoms with Crippen LogP contribution >= 0.6 is 22.6 Å². The van der Waals surface area contributed by atoms with Crippen LogP contribution in [-0.4, -0.2) is 91.3 Å². The number of methoxy groups -OCH3 is 3. The second-order valence-corrected chi connectivity index (χ2v) is 11.6. The highest BCUT2D eigenvalue weighted by Gasteiger charge is 2.40. The van der Waals surface area contributed by atoms with Crippen molar-refractivity contribution in [2.75, 3.05) is 41.0 Å². The Balaban J connectivity index is 2.02. The van der Waals surface area contributed by atoms with Crippen LogP contribution in [0, 0.1) is 3.57 Å². The number of hydrogen-bond donors (Lipinski definition) is 4. The van der Waals surface area contributed by atoms with Crippen molar-refractivity contribution in [2.24, 2.45) is 0 Å². The molecule has 0 aromatic heterocycles. The van der Waals surface area contributed by atoms with E-state index in [2.05, 4.69) is 27.9 Å². The number of carbonyl (C=O) groups excluding carboxylic acids is 2. The summed E-state index contributed by atoms with van der Waals surface area (Å²) in [5.41, 5.74) is 1.78. The van der Waals surface area contributed by atoms with Gasteiger partial charge in [-0.15, -0.1) is 0 Å². The molecule has 0 saturated carbocycles. The van der Waals surface area contributed by atoms with Crippen molar-refractivity contribution in [3.63, 3.8) is 0 Å². The molecule has 1 aliphatic rings. The maximum atomic E-state index is 13.7. The number of hydrogen-bond acceptors (Lipinski definition) is 9. The van der Waals surface area contributed by atoms with E-state index < -0.39 is 24.2 Å². The number of aliphatic hydroxyl groups excluding tert-OH is 3. The first kappa shape index (κ1) is 35.4. The number of halogens is 1. The molecular formula is C32H43IN2O9. The molecule has 11 nitrogen and oxygen atoms in total. The van der Waals surface area contributed by atoms with E-state index >= 15 is 0 Å². The summed E-state index contributed by atoms with van der Waals surface area (Å²) in [6, 6.07) is 8.05. The molecule has 2 amide bonds. The zero-order valence-electron chi connectivity index (χ0n) is 25.7. The first-order valence-corrected chi connectivity index (χ1v) is 15.7. The van der Waals surface area contributed by atoms with Gasteiger partial charge in [0.2, 0.25) is 11.8 Å². The molecule has 3 rings (SSSR count). The molecule has 0 fully saturated rings. The Labute approximate surface area is 272 Å². The van der Waals surface area contributed by atoms with Gasteiger partial charge in [0.1, 0.15) is 23.7 Å². The minimum Gasteiger partial charge on any atom is -0.497 e. The third-order valence-corrected chi connectivity index (χ3v) is 8.32. The summed E-state index contributed by atoms with van der Waals surface area (Å²) in [7, 11) is 4.63. The Morgan fingerprint density at radius 3 is 2.45 bits per heavy atom. The Morgan fingerprint density at radius 1 is 1.07 bits per heavy atom. The minimum absolute atomic E-state index is 0.0536. The molecule has 12 heteroatoms. The van der Waals surface area contributed by atoms with E-state index in [-0.39, 0.29) is 45.1 Å². The van der Waals surface area contributed by atoms with Gasteiger partial charge in [-0.05, 0) is 83.0 Å². The number of carbonyl (C=O) groups is 2. The van der Waals surface area contributed by atoms with Gasteiger partial charge in [-0.1, -0.05) is 13.3 Å². The van der Waals surface area contributed by atoms with E-state index in [1.54, 1.807) is 49.5 Å². The Bertz CT molecular complexity index is 1300. The monoisotopic (exact) mass is 726 g/mol. The summed E-state index contributed by atoms with van der Waals surface area (Å²) < 4.78 is 23.4. The Hall–Kier alpha value is -3.07. The molecule has 0 spiro atoms. The lowest BCUT2D eigenvalue weighted by molar-refractivity contribution is -0.138. The third kappa shape index (κ3) is 8.99. The van der Waals surface area contributed by atoms with E-state index in [9.17, 15) is 24.9 Å². The van der Waals surface area contributed by atoms with Gasteiger partial charge in [-0.3, -0.25) is 9.59 Å². The molecule has 4 N–H and O–H groups in total. The molecule has 3 unspecified atom stereocenters. The molecule has 2 aromatic carbocycles. The lowest BCUT2D eigenvalue weighted by Gasteiger charge is -2.41. The highest BCUT2D eigenvalue weighted by molar-refractivity contribution is 14.1. The van der Waals surface area contributed by atoms with Crippen LogP contribution in [0.3, 0.4) is 0 Å². The van der Waals surface area contributed by atoms with Crippen LogP contribution in [0.1, 0.15) is 43.7 Å². The molecule has 3 atom stereocenters. The van der Waals surface area contributed by atoms with Crippen molar-refractivity contribution in [1.82, 2.24) is 10.2 Å². The molecule has 0 radical (unpaired) electrons. The first-order chi connectivity index (χ1) is 21.2. The fraction of sp³-hybridized carbons (Fsp3) is 0.500. The fourth-order valence-electron chi connectivity index (χ4n) is 5.16. The Kier molecular flexibility index (Phi) is 14.0. The topological polar surface area (TPSA) is 147 Å². The van der Waals surface area contributed by atoms with Crippen LogP contribution in [0.2, 0.25) is 0 Å². The maximum Gasteiger partial charge on any atom is 0.247 e.